The van der Waals surface area contributed by atoms with E-state index in [0.717, 1.165) is 28.9 Å². The molecular weight excluding hydrogens is 546 g/mol. The number of aromatic nitrogens is 2. The Kier molecular flexibility index (Phi) is 9.21. The van der Waals surface area contributed by atoms with E-state index in [2.05, 4.69) is 31.8 Å². The fraction of sp³-hybridized carbons (Fsp3) is 0.552. The number of nitrogens with zero attached hydrogens (tertiary/aromatic N) is 4. The zero-order valence-electron chi connectivity index (χ0n) is 24.4. The molecular formula is C29H39N5O8. The van der Waals surface area contributed by atoms with Crippen LogP contribution in [0.3, 0.4) is 0 Å². The quantitative estimate of drug-likeness (QED) is 0.251. The van der Waals surface area contributed by atoms with Crippen LogP contribution < -0.4 is 10.2 Å². The number of carboxylic acids is 2. The third kappa shape index (κ3) is 6.26. The largest absolute Gasteiger partial charge is 0.478 e. The Morgan fingerprint density at radius 1 is 1.17 bits per heavy atom. The number of carbonyl (C=O) groups excluding carboxylic acids is 2. The van der Waals surface area contributed by atoms with Gasteiger partial charge in [0.25, 0.3) is 0 Å². The molecule has 0 spiro atoms. The number of carbonyl (C=O) groups is 4. The van der Waals surface area contributed by atoms with E-state index in [4.69, 9.17) is 0 Å². The summed E-state index contributed by atoms with van der Waals surface area (Å²) in [7, 11) is 1.28. The minimum Gasteiger partial charge on any atom is -0.478 e. The molecule has 228 valence electrons. The number of fused-ring (bicyclic) bond motifs is 1. The minimum atomic E-state index is -1.50. The molecule has 2 heterocycles. The summed E-state index contributed by atoms with van der Waals surface area (Å²) in [6.45, 7) is 8.56. The molecule has 2 aromatic rings. The number of amides is 1. The summed E-state index contributed by atoms with van der Waals surface area (Å²) < 4.78 is 5.84. The first kappa shape index (κ1) is 31.0. The van der Waals surface area contributed by atoms with Crippen molar-refractivity contribution in [3.63, 3.8) is 0 Å². The molecule has 2 fully saturated rings. The van der Waals surface area contributed by atoms with Crippen LogP contribution in [0.4, 0.5) is 10.5 Å². The summed E-state index contributed by atoms with van der Waals surface area (Å²) >= 11 is 0. The van der Waals surface area contributed by atoms with Gasteiger partial charge in [0.15, 0.2) is 5.82 Å². The third-order valence-electron chi connectivity index (χ3n) is 8.48. The zero-order chi connectivity index (χ0) is 30.8. The third-order valence-corrected chi connectivity index (χ3v) is 8.48. The molecule has 1 atom stereocenters. The van der Waals surface area contributed by atoms with E-state index in [0.29, 0.717) is 55.9 Å². The maximum Gasteiger partial charge on any atom is 0.407 e. The number of rotatable bonds is 9. The highest BCUT2D eigenvalue weighted by Gasteiger charge is 2.41. The molecule has 4 rings (SSSR count). The van der Waals surface area contributed by atoms with Crippen LogP contribution in [0.25, 0.3) is 16.7 Å². The number of imidazole rings is 1. The lowest BCUT2D eigenvalue weighted by Gasteiger charge is -2.41. The van der Waals surface area contributed by atoms with Gasteiger partial charge in [0.05, 0.1) is 30.8 Å². The predicted molar refractivity (Wildman–Crippen MR) is 155 cm³/mol. The van der Waals surface area contributed by atoms with Gasteiger partial charge >= 0.3 is 18.0 Å². The van der Waals surface area contributed by atoms with Crippen molar-refractivity contribution in [2.45, 2.75) is 58.5 Å². The van der Waals surface area contributed by atoms with Gasteiger partial charge in [-0.3, -0.25) is 14.3 Å². The topological polar surface area (TPSA) is 175 Å². The highest BCUT2D eigenvalue weighted by Crippen LogP contribution is 2.40. The molecule has 13 heteroatoms. The molecule has 1 aromatic heterocycles. The Labute approximate surface area is 243 Å². The van der Waals surface area contributed by atoms with Crippen LogP contribution in [0.2, 0.25) is 0 Å². The van der Waals surface area contributed by atoms with Crippen molar-refractivity contribution in [3.05, 3.63) is 29.6 Å². The molecule has 1 aliphatic heterocycles. The highest BCUT2D eigenvalue weighted by molar-refractivity contribution is 6.17. The van der Waals surface area contributed by atoms with Gasteiger partial charge in [-0.05, 0) is 57.2 Å². The number of ether oxygens (including phenoxy) is 1. The molecule has 42 heavy (non-hydrogen) atoms. The summed E-state index contributed by atoms with van der Waals surface area (Å²) in [5.74, 6) is -3.50. The van der Waals surface area contributed by atoms with Crippen molar-refractivity contribution in [1.82, 2.24) is 19.8 Å². The molecule has 2 aliphatic rings. The van der Waals surface area contributed by atoms with Gasteiger partial charge < -0.3 is 30.3 Å². The number of hydrogen-bond donors (Lipinski definition) is 4. The van der Waals surface area contributed by atoms with Crippen molar-refractivity contribution < 1.29 is 39.2 Å². The summed E-state index contributed by atoms with van der Waals surface area (Å²) in [4.78, 5) is 58.9. The number of aliphatic carboxylic acids is 2. The number of aliphatic hydroxyl groups is 1. The molecule has 1 aromatic carbocycles. The second kappa shape index (κ2) is 12.5. The Morgan fingerprint density at radius 3 is 2.43 bits per heavy atom. The van der Waals surface area contributed by atoms with E-state index >= 15 is 0 Å². The van der Waals surface area contributed by atoms with Crippen LogP contribution >= 0.6 is 0 Å². The summed E-state index contributed by atoms with van der Waals surface area (Å²) in [5, 5.41) is 31.7. The number of aryl methyl sites for hydroxylation is 1. The highest BCUT2D eigenvalue weighted by atomic mass is 16.5. The molecule has 0 radical (unpaired) electrons. The van der Waals surface area contributed by atoms with Gasteiger partial charge in [0.2, 0.25) is 5.78 Å². The first-order valence-corrected chi connectivity index (χ1v) is 14.1. The number of aliphatic hydroxyl groups excluding tert-OH is 1. The lowest BCUT2D eigenvalue weighted by atomic mass is 9.71. The maximum atomic E-state index is 14.1. The van der Waals surface area contributed by atoms with Crippen molar-refractivity contribution in [1.29, 1.82) is 0 Å². The first-order chi connectivity index (χ1) is 19.9. The smallest absolute Gasteiger partial charge is 0.407 e. The van der Waals surface area contributed by atoms with Crippen LogP contribution in [0.5, 0.6) is 0 Å². The number of piperazine rings is 1. The number of ketones is 1. The van der Waals surface area contributed by atoms with Crippen LogP contribution in [0, 0.1) is 12.3 Å². The normalized spacial score (nSPS) is 23.5. The van der Waals surface area contributed by atoms with E-state index in [-0.39, 0.29) is 24.5 Å². The van der Waals surface area contributed by atoms with Crippen molar-refractivity contribution >= 4 is 46.2 Å². The van der Waals surface area contributed by atoms with Crippen LogP contribution in [0.15, 0.2) is 18.2 Å². The molecule has 0 unspecified atom stereocenters. The molecule has 1 aliphatic carbocycles. The van der Waals surface area contributed by atoms with E-state index < -0.39 is 34.9 Å². The second-order valence-electron chi connectivity index (χ2n) is 11.4. The molecule has 13 nitrogen and oxygen atoms in total. The predicted octanol–water partition coefficient (Wildman–Crippen LogP) is 2.35. The number of hydrogen-bond acceptors (Lipinski definition) is 9. The molecule has 1 saturated heterocycles. The molecule has 0 bridgehead atoms. The average Bonchev–Trinajstić information content (AvgIpc) is 3.29. The molecule has 1 saturated carbocycles. The van der Waals surface area contributed by atoms with Crippen molar-refractivity contribution in [2.75, 3.05) is 44.8 Å². The van der Waals surface area contributed by atoms with Gasteiger partial charge in [-0.25, -0.2) is 19.4 Å². The standard InChI is InChI=1S/C29H39N5O8/c1-17-13-20-22(14-21(17)33-10-9-32(11-12-35)16-18(33)2)34(23(27(39)40)15-24(36)37)26(31-20)25(38)29(3)7-5-19(6-8-29)30-28(41)42-4/h13-15,18-19,35H,5-12,16H2,1-4H3,(H,30,41)(H,36,37)(H,39,40)/b23-15-/t18-,19?,29?/m1/s1. The van der Waals surface area contributed by atoms with Crippen LogP contribution in [-0.2, 0) is 14.3 Å². The van der Waals surface area contributed by atoms with E-state index in [1.54, 1.807) is 19.1 Å². The maximum absolute atomic E-state index is 14.1. The lowest BCUT2D eigenvalue weighted by molar-refractivity contribution is -0.133. The Balaban J connectivity index is 1.79. The number of alkyl carbamates (subject to hydrolysis) is 1. The zero-order valence-corrected chi connectivity index (χ0v) is 24.4. The minimum absolute atomic E-state index is 0.0724. The summed E-state index contributed by atoms with van der Waals surface area (Å²) in [6, 6.07) is 3.50. The Bertz CT molecular complexity index is 1410. The number of β-amino-alcohol motifs (C(OH)–C–C–N with tert-alkyl or cyclic N) is 1. The molecule has 1 amide bonds. The SMILES string of the molecule is COC(=O)NC1CCC(C)(C(=O)c2nc3cc(C)c(N4CCN(CCO)C[C@H]4C)cc3n2/C(=C\C(=O)O)C(=O)O)CC1. The van der Waals surface area contributed by atoms with E-state index in [9.17, 15) is 34.5 Å². The van der Waals surface area contributed by atoms with Gasteiger partial charge in [0, 0.05) is 49.4 Å². The van der Waals surface area contributed by atoms with Gasteiger partial charge in [-0.15, -0.1) is 0 Å². The fourth-order valence-corrected chi connectivity index (χ4v) is 6.12. The number of methoxy groups -OCH3 is 1. The van der Waals surface area contributed by atoms with Crippen LogP contribution in [0.1, 0.15) is 55.7 Å². The Morgan fingerprint density at radius 2 is 1.86 bits per heavy atom. The van der Waals surface area contributed by atoms with Gasteiger partial charge in [-0.2, -0.15) is 0 Å². The Hall–Kier alpha value is -3.97. The van der Waals surface area contributed by atoms with Gasteiger partial charge in [-0.1, -0.05) is 6.92 Å². The van der Waals surface area contributed by atoms with E-state index in [1.165, 1.54) is 7.11 Å². The van der Waals surface area contributed by atoms with Crippen LogP contribution in [-0.4, -0.2) is 106 Å². The average molecular weight is 586 g/mol. The van der Waals surface area contributed by atoms with Crippen molar-refractivity contribution in [2.24, 2.45) is 5.41 Å². The second-order valence-corrected chi connectivity index (χ2v) is 11.4. The number of benzene rings is 1. The fourth-order valence-electron chi connectivity index (χ4n) is 6.12. The van der Waals surface area contributed by atoms with Crippen molar-refractivity contribution in [3.8, 4) is 0 Å². The number of nitrogens with one attached hydrogen (secondary N) is 1. The first-order valence-electron chi connectivity index (χ1n) is 14.1. The van der Waals surface area contributed by atoms with Gasteiger partial charge in [0.1, 0.15) is 5.70 Å². The summed E-state index contributed by atoms with van der Waals surface area (Å²) in [6.07, 6.45) is 1.88. The number of carboxylic acid groups (broad SMARTS) is 2. The summed E-state index contributed by atoms with van der Waals surface area (Å²) in [5.41, 5.74) is 0.925. The monoisotopic (exact) mass is 585 g/mol. The lowest BCUT2D eigenvalue weighted by Crippen LogP contribution is -2.52. The number of Topliss-reactive ketones (excluding diaryl/α,β-unsaturated/α-hetero) is 1. The molecule has 4 N–H and O–H groups in total. The van der Waals surface area contributed by atoms with E-state index in [1.807, 2.05) is 6.92 Å². The number of anilines is 1.